The third-order valence-corrected chi connectivity index (χ3v) is 3.42. The Hall–Kier alpha value is -2.40. The lowest BCUT2D eigenvalue weighted by Gasteiger charge is -2.12. The molecule has 0 aliphatic carbocycles. The molecule has 114 valence electrons. The molecule has 1 aromatic heterocycles. The Kier molecular flexibility index (Phi) is 4.78. The van der Waals surface area contributed by atoms with Crippen molar-refractivity contribution in [3.8, 4) is 0 Å². The molecule has 0 aliphatic heterocycles. The second-order valence-electron chi connectivity index (χ2n) is 5.02. The van der Waals surface area contributed by atoms with Gasteiger partial charge in [-0.2, -0.15) is 0 Å². The lowest BCUT2D eigenvalue weighted by Crippen LogP contribution is -2.30. The highest BCUT2D eigenvalue weighted by molar-refractivity contribution is 6.44. The molecule has 0 atom stereocenters. The van der Waals surface area contributed by atoms with Crippen molar-refractivity contribution < 1.29 is 9.59 Å². The maximum atomic E-state index is 12.0. The number of halogens is 1. The molecular weight excluding hydrogens is 302 g/mol. The van der Waals surface area contributed by atoms with Crippen molar-refractivity contribution in [2.75, 3.05) is 10.6 Å². The van der Waals surface area contributed by atoms with Crippen molar-refractivity contribution in [1.82, 2.24) is 4.98 Å². The Morgan fingerprint density at radius 3 is 2.36 bits per heavy atom. The lowest BCUT2D eigenvalue weighted by molar-refractivity contribution is -0.133. The molecule has 5 nitrogen and oxygen atoms in total. The third kappa shape index (κ3) is 3.62. The SMILES string of the molecule is Cc1cc(C)c(NC(=O)C(=O)Nc2ncccc2C)c(Cl)c1. The van der Waals surface area contributed by atoms with E-state index in [2.05, 4.69) is 15.6 Å². The minimum absolute atomic E-state index is 0.356. The average molecular weight is 318 g/mol. The number of carbonyl (C=O) groups is 2. The van der Waals surface area contributed by atoms with Crippen LogP contribution in [0.25, 0.3) is 0 Å². The first-order chi connectivity index (χ1) is 10.4. The van der Waals surface area contributed by atoms with Crippen LogP contribution in [0.4, 0.5) is 11.5 Å². The Morgan fingerprint density at radius 1 is 1.05 bits per heavy atom. The number of carbonyl (C=O) groups excluding carboxylic acids is 2. The van der Waals surface area contributed by atoms with Crippen molar-refractivity contribution in [3.05, 3.63) is 52.2 Å². The van der Waals surface area contributed by atoms with E-state index in [1.807, 2.05) is 19.9 Å². The summed E-state index contributed by atoms with van der Waals surface area (Å²) in [4.78, 5) is 28.0. The fourth-order valence-electron chi connectivity index (χ4n) is 2.03. The fraction of sp³-hybridized carbons (Fsp3) is 0.188. The number of aromatic nitrogens is 1. The van der Waals surface area contributed by atoms with Crippen molar-refractivity contribution in [1.29, 1.82) is 0 Å². The van der Waals surface area contributed by atoms with E-state index in [1.54, 1.807) is 31.3 Å². The average Bonchev–Trinajstić information content (AvgIpc) is 2.45. The summed E-state index contributed by atoms with van der Waals surface area (Å²) < 4.78 is 0. The van der Waals surface area contributed by atoms with E-state index in [0.29, 0.717) is 16.5 Å². The first-order valence-electron chi connectivity index (χ1n) is 6.69. The van der Waals surface area contributed by atoms with Crippen LogP contribution in [-0.2, 0) is 9.59 Å². The van der Waals surface area contributed by atoms with Crippen LogP contribution in [0.5, 0.6) is 0 Å². The van der Waals surface area contributed by atoms with Crippen LogP contribution in [0.3, 0.4) is 0 Å². The van der Waals surface area contributed by atoms with Gasteiger partial charge in [0.05, 0.1) is 10.7 Å². The molecule has 0 radical (unpaired) electrons. The molecule has 0 aliphatic rings. The molecule has 0 saturated carbocycles. The van der Waals surface area contributed by atoms with E-state index in [9.17, 15) is 9.59 Å². The van der Waals surface area contributed by atoms with Gasteiger partial charge < -0.3 is 10.6 Å². The molecular formula is C16H16ClN3O2. The van der Waals surface area contributed by atoms with Gasteiger partial charge >= 0.3 is 11.8 Å². The zero-order valence-electron chi connectivity index (χ0n) is 12.5. The van der Waals surface area contributed by atoms with E-state index in [-0.39, 0.29) is 0 Å². The molecule has 0 bridgehead atoms. The van der Waals surface area contributed by atoms with Gasteiger partial charge in [0.25, 0.3) is 0 Å². The molecule has 2 rings (SSSR count). The monoisotopic (exact) mass is 317 g/mol. The van der Waals surface area contributed by atoms with Crippen molar-refractivity contribution in [3.63, 3.8) is 0 Å². The van der Waals surface area contributed by atoms with Crippen LogP contribution < -0.4 is 10.6 Å². The molecule has 0 saturated heterocycles. The van der Waals surface area contributed by atoms with Crippen LogP contribution in [-0.4, -0.2) is 16.8 Å². The van der Waals surface area contributed by atoms with Gasteiger partial charge in [0.2, 0.25) is 0 Å². The standard InChI is InChI=1S/C16H16ClN3O2/c1-9-7-11(3)13(12(17)8-9)19-15(21)16(22)20-14-10(2)5-4-6-18-14/h4-8H,1-3H3,(H,19,21)(H,18,20,22). The van der Waals surface area contributed by atoms with Gasteiger partial charge in [-0.05, 0) is 49.6 Å². The van der Waals surface area contributed by atoms with E-state index < -0.39 is 11.8 Å². The zero-order chi connectivity index (χ0) is 16.3. The van der Waals surface area contributed by atoms with E-state index in [1.165, 1.54) is 0 Å². The number of amides is 2. The van der Waals surface area contributed by atoms with Crippen LogP contribution in [0.1, 0.15) is 16.7 Å². The summed E-state index contributed by atoms with van der Waals surface area (Å²) in [6.07, 6.45) is 1.54. The Bertz CT molecular complexity index is 721. The number of rotatable bonds is 2. The van der Waals surface area contributed by atoms with Crippen molar-refractivity contribution in [2.45, 2.75) is 20.8 Å². The molecule has 0 spiro atoms. The van der Waals surface area contributed by atoms with E-state index in [0.717, 1.165) is 16.7 Å². The minimum atomic E-state index is -0.794. The fourth-order valence-corrected chi connectivity index (χ4v) is 2.39. The number of pyridine rings is 1. The van der Waals surface area contributed by atoms with Crippen LogP contribution in [0.2, 0.25) is 5.02 Å². The summed E-state index contributed by atoms with van der Waals surface area (Å²) in [6, 6.07) is 7.15. The van der Waals surface area contributed by atoms with Gasteiger partial charge in [-0.25, -0.2) is 4.98 Å². The van der Waals surface area contributed by atoms with E-state index in [4.69, 9.17) is 11.6 Å². The predicted molar refractivity (Wildman–Crippen MR) is 87.2 cm³/mol. The second kappa shape index (κ2) is 6.58. The first-order valence-corrected chi connectivity index (χ1v) is 7.07. The topological polar surface area (TPSA) is 71.1 Å². The van der Waals surface area contributed by atoms with Gasteiger partial charge in [-0.15, -0.1) is 0 Å². The number of anilines is 2. The highest BCUT2D eigenvalue weighted by Gasteiger charge is 2.17. The summed E-state index contributed by atoms with van der Waals surface area (Å²) in [5.41, 5.74) is 2.98. The number of hydrogen-bond acceptors (Lipinski definition) is 3. The highest BCUT2D eigenvalue weighted by atomic mass is 35.5. The third-order valence-electron chi connectivity index (χ3n) is 3.12. The quantitative estimate of drug-likeness (QED) is 0.835. The number of nitrogens with one attached hydrogen (secondary N) is 2. The molecule has 1 aromatic carbocycles. The summed E-state index contributed by atoms with van der Waals surface area (Å²) in [5, 5.41) is 5.41. The molecule has 2 amide bonds. The van der Waals surface area contributed by atoms with Crippen molar-refractivity contribution >= 4 is 34.9 Å². The van der Waals surface area contributed by atoms with Gasteiger partial charge in [0.15, 0.2) is 0 Å². The summed E-state index contributed by atoms with van der Waals surface area (Å²) in [6.45, 7) is 5.51. The summed E-state index contributed by atoms with van der Waals surface area (Å²) in [7, 11) is 0. The number of aryl methyl sites for hydroxylation is 3. The van der Waals surface area contributed by atoms with Gasteiger partial charge in [-0.1, -0.05) is 23.7 Å². The smallest absolute Gasteiger partial charge is 0.315 e. The molecule has 0 fully saturated rings. The number of nitrogens with zero attached hydrogens (tertiary/aromatic N) is 1. The Balaban J connectivity index is 2.13. The Labute approximate surface area is 133 Å². The zero-order valence-corrected chi connectivity index (χ0v) is 13.3. The summed E-state index contributed by atoms with van der Waals surface area (Å²) >= 11 is 6.11. The molecule has 1 heterocycles. The second-order valence-corrected chi connectivity index (χ2v) is 5.42. The Morgan fingerprint density at radius 2 is 1.73 bits per heavy atom. The molecule has 2 aromatic rings. The van der Waals surface area contributed by atoms with Crippen LogP contribution in [0, 0.1) is 20.8 Å². The number of benzene rings is 1. The largest absolute Gasteiger partial charge is 0.316 e. The summed E-state index contributed by atoms with van der Waals surface area (Å²) in [5.74, 6) is -1.23. The van der Waals surface area contributed by atoms with Crippen LogP contribution in [0.15, 0.2) is 30.5 Å². The normalized spacial score (nSPS) is 10.2. The van der Waals surface area contributed by atoms with Crippen LogP contribution >= 0.6 is 11.6 Å². The van der Waals surface area contributed by atoms with E-state index >= 15 is 0 Å². The highest BCUT2D eigenvalue weighted by Crippen LogP contribution is 2.27. The number of hydrogen-bond donors (Lipinski definition) is 2. The lowest BCUT2D eigenvalue weighted by atomic mass is 10.1. The maximum absolute atomic E-state index is 12.0. The van der Waals surface area contributed by atoms with Crippen molar-refractivity contribution in [2.24, 2.45) is 0 Å². The molecule has 0 unspecified atom stereocenters. The van der Waals surface area contributed by atoms with Gasteiger partial charge in [0.1, 0.15) is 5.82 Å². The predicted octanol–water partition coefficient (Wildman–Crippen LogP) is 3.24. The first kappa shape index (κ1) is 16.0. The van der Waals surface area contributed by atoms with Gasteiger partial charge in [0, 0.05) is 6.20 Å². The molecule has 22 heavy (non-hydrogen) atoms. The molecule has 2 N–H and O–H groups in total. The van der Waals surface area contributed by atoms with Gasteiger partial charge in [-0.3, -0.25) is 9.59 Å². The molecule has 6 heteroatoms. The maximum Gasteiger partial charge on any atom is 0.315 e. The minimum Gasteiger partial charge on any atom is -0.316 e.